The third kappa shape index (κ3) is 4.73. The third-order valence-corrected chi connectivity index (χ3v) is 5.16. The molecule has 2 rings (SSSR count). The molecule has 0 spiro atoms. The van der Waals surface area contributed by atoms with Crippen LogP contribution in [0.5, 0.6) is 17.2 Å². The van der Waals surface area contributed by atoms with Crippen molar-refractivity contribution in [3.05, 3.63) is 51.6 Å². The molecule has 0 atom stereocenters. The van der Waals surface area contributed by atoms with Gasteiger partial charge in [-0.3, -0.25) is 20.3 Å². The van der Waals surface area contributed by atoms with Crippen LogP contribution in [0.3, 0.4) is 0 Å². The quantitative estimate of drug-likeness (QED) is 0.478. The van der Waals surface area contributed by atoms with Gasteiger partial charge in [-0.15, -0.1) is 4.83 Å². The maximum atomic E-state index is 12.4. The molecule has 0 aliphatic carbocycles. The smallest absolute Gasteiger partial charge is 0.273 e. The fourth-order valence-corrected chi connectivity index (χ4v) is 3.27. The Balaban J connectivity index is 2.26. The molecule has 0 heterocycles. The van der Waals surface area contributed by atoms with Crippen molar-refractivity contribution in [1.82, 2.24) is 10.3 Å². The van der Waals surface area contributed by atoms with Gasteiger partial charge in [0.15, 0.2) is 11.5 Å². The normalized spacial score (nSPS) is 10.9. The molecule has 12 heteroatoms. The van der Waals surface area contributed by atoms with Gasteiger partial charge in [0, 0.05) is 17.2 Å². The van der Waals surface area contributed by atoms with E-state index in [1.165, 1.54) is 52.5 Å². The maximum absolute atomic E-state index is 12.4. The van der Waals surface area contributed by atoms with Crippen molar-refractivity contribution in [3.63, 3.8) is 0 Å². The summed E-state index contributed by atoms with van der Waals surface area (Å²) in [5.41, 5.74) is 2.01. The largest absolute Gasteiger partial charge is 0.493 e. The molecule has 29 heavy (non-hydrogen) atoms. The zero-order valence-corrected chi connectivity index (χ0v) is 16.8. The highest BCUT2D eigenvalue weighted by molar-refractivity contribution is 7.89. The molecule has 0 radical (unpaired) electrons. The second kappa shape index (κ2) is 8.75. The summed E-state index contributed by atoms with van der Waals surface area (Å²) in [5.74, 6) is -0.142. The predicted octanol–water partition coefficient (Wildman–Crippen LogP) is 1.55. The van der Waals surface area contributed by atoms with Gasteiger partial charge in [-0.2, -0.15) is 0 Å². The van der Waals surface area contributed by atoms with E-state index in [4.69, 9.17) is 14.2 Å². The monoisotopic (exact) mass is 425 g/mol. The molecule has 0 saturated carbocycles. The lowest BCUT2D eigenvalue weighted by Gasteiger charge is -2.14. The minimum absolute atomic E-state index is 0.0251. The van der Waals surface area contributed by atoms with Gasteiger partial charge in [0.25, 0.3) is 21.6 Å². The first-order chi connectivity index (χ1) is 13.6. The lowest BCUT2D eigenvalue weighted by molar-refractivity contribution is -0.385. The van der Waals surface area contributed by atoms with Crippen LogP contribution in [0.25, 0.3) is 0 Å². The van der Waals surface area contributed by atoms with E-state index in [9.17, 15) is 23.3 Å². The molecule has 0 aliphatic heterocycles. The molecule has 0 bridgehead atoms. The number of hydrazine groups is 1. The lowest BCUT2D eigenvalue weighted by atomic mass is 10.1. The number of aryl methyl sites for hydroxylation is 1. The van der Waals surface area contributed by atoms with Crippen LogP contribution in [-0.4, -0.2) is 40.6 Å². The number of nitrogens with one attached hydrogen (secondary N) is 2. The summed E-state index contributed by atoms with van der Waals surface area (Å²) in [6, 6.07) is 6.07. The average Bonchev–Trinajstić information content (AvgIpc) is 2.70. The summed E-state index contributed by atoms with van der Waals surface area (Å²) < 4.78 is 40.2. The lowest BCUT2D eigenvalue weighted by Crippen LogP contribution is -2.41. The summed E-state index contributed by atoms with van der Waals surface area (Å²) in [6.45, 7) is 1.48. The number of benzene rings is 2. The van der Waals surface area contributed by atoms with Crippen molar-refractivity contribution < 1.29 is 32.3 Å². The number of methoxy groups -OCH3 is 3. The van der Waals surface area contributed by atoms with Crippen LogP contribution in [-0.2, 0) is 10.0 Å². The summed E-state index contributed by atoms with van der Waals surface area (Å²) in [5, 5.41) is 11.0. The summed E-state index contributed by atoms with van der Waals surface area (Å²) in [4.78, 5) is 24.2. The highest BCUT2D eigenvalue weighted by Crippen LogP contribution is 2.38. The first-order valence-corrected chi connectivity index (χ1v) is 9.50. The first kappa shape index (κ1) is 21.9. The number of hydrogen-bond acceptors (Lipinski definition) is 8. The minimum Gasteiger partial charge on any atom is -0.493 e. The van der Waals surface area contributed by atoms with E-state index in [0.29, 0.717) is 5.56 Å². The van der Waals surface area contributed by atoms with Gasteiger partial charge in [-0.25, -0.2) is 8.42 Å². The van der Waals surface area contributed by atoms with Crippen LogP contribution in [0.1, 0.15) is 15.9 Å². The van der Waals surface area contributed by atoms with Gasteiger partial charge in [0.1, 0.15) is 0 Å². The van der Waals surface area contributed by atoms with Gasteiger partial charge in [0.05, 0.1) is 31.1 Å². The fourth-order valence-electron chi connectivity index (χ4n) is 2.41. The molecule has 0 aliphatic rings. The molecule has 2 aromatic carbocycles. The number of hydrogen-bond donors (Lipinski definition) is 2. The number of nitrogens with zero attached hydrogens (tertiary/aromatic N) is 1. The Morgan fingerprint density at radius 3 is 2.10 bits per heavy atom. The van der Waals surface area contributed by atoms with E-state index in [-0.39, 0.29) is 33.4 Å². The average molecular weight is 425 g/mol. The molecule has 2 N–H and O–H groups in total. The molecule has 0 fully saturated rings. The number of ether oxygens (including phenoxy) is 3. The molecule has 0 unspecified atom stereocenters. The molecule has 156 valence electrons. The number of carbonyl (C=O) groups is 1. The summed E-state index contributed by atoms with van der Waals surface area (Å²) in [7, 11) is -0.122. The number of nitro benzene ring substituents is 1. The topological polar surface area (TPSA) is 146 Å². The maximum Gasteiger partial charge on any atom is 0.273 e. The number of sulfonamides is 1. The molecule has 2 aromatic rings. The van der Waals surface area contributed by atoms with Crippen LogP contribution in [0.2, 0.25) is 0 Å². The Bertz CT molecular complexity index is 1030. The molecular formula is C17H19N3O8S. The number of amides is 1. The van der Waals surface area contributed by atoms with Gasteiger partial charge in [-0.05, 0) is 25.1 Å². The van der Waals surface area contributed by atoms with Crippen molar-refractivity contribution in [3.8, 4) is 17.2 Å². The summed E-state index contributed by atoms with van der Waals surface area (Å²) >= 11 is 0. The Kier molecular flexibility index (Phi) is 6.61. The molecule has 11 nitrogen and oxygen atoms in total. The van der Waals surface area contributed by atoms with E-state index in [2.05, 4.69) is 0 Å². The number of rotatable bonds is 8. The molecule has 0 aromatic heterocycles. The predicted molar refractivity (Wildman–Crippen MR) is 102 cm³/mol. The second-order valence-corrected chi connectivity index (χ2v) is 7.36. The Hall–Kier alpha value is -3.38. The molecule has 0 saturated heterocycles. The number of nitro groups is 1. The van der Waals surface area contributed by atoms with Gasteiger partial charge in [-0.1, -0.05) is 6.07 Å². The Labute approximate surface area is 166 Å². The zero-order valence-electron chi connectivity index (χ0n) is 16.0. The SMILES string of the molecule is COc1cc(C(=O)NNS(=O)(=O)c2ccc(C)c([N+](=O)[O-])c2)cc(OC)c1OC. The van der Waals surface area contributed by atoms with E-state index >= 15 is 0 Å². The standard InChI is InChI=1S/C17H19N3O8S/c1-10-5-6-12(9-13(10)20(22)23)29(24,25)19-18-17(21)11-7-14(26-2)16(28-4)15(8-11)27-3/h5-9,19H,1-4H3,(H,18,21). The third-order valence-electron chi connectivity index (χ3n) is 3.91. The van der Waals surface area contributed by atoms with E-state index in [1.54, 1.807) is 0 Å². The highest BCUT2D eigenvalue weighted by Gasteiger charge is 2.22. The van der Waals surface area contributed by atoms with Crippen LogP contribution in [0.15, 0.2) is 35.2 Å². The van der Waals surface area contributed by atoms with Crippen LogP contribution in [0, 0.1) is 17.0 Å². The van der Waals surface area contributed by atoms with Gasteiger partial charge >= 0.3 is 0 Å². The second-order valence-electron chi connectivity index (χ2n) is 5.68. The number of carbonyl (C=O) groups excluding carboxylic acids is 1. The molecule has 1 amide bonds. The van der Waals surface area contributed by atoms with Crippen LogP contribution in [0.4, 0.5) is 5.69 Å². The van der Waals surface area contributed by atoms with Crippen molar-refractivity contribution in [1.29, 1.82) is 0 Å². The van der Waals surface area contributed by atoms with Crippen LogP contribution >= 0.6 is 0 Å². The van der Waals surface area contributed by atoms with Crippen molar-refractivity contribution in [2.24, 2.45) is 0 Å². The van der Waals surface area contributed by atoms with Crippen LogP contribution < -0.4 is 24.5 Å². The first-order valence-electron chi connectivity index (χ1n) is 8.01. The Morgan fingerprint density at radius 2 is 1.62 bits per heavy atom. The van der Waals surface area contributed by atoms with Gasteiger partial charge < -0.3 is 14.2 Å². The summed E-state index contributed by atoms with van der Waals surface area (Å²) in [6.07, 6.45) is 0. The van der Waals surface area contributed by atoms with Crippen molar-refractivity contribution in [2.75, 3.05) is 21.3 Å². The van der Waals surface area contributed by atoms with Crippen molar-refractivity contribution >= 4 is 21.6 Å². The van der Waals surface area contributed by atoms with E-state index < -0.39 is 20.9 Å². The highest BCUT2D eigenvalue weighted by atomic mass is 32.2. The van der Waals surface area contributed by atoms with Gasteiger partial charge in [0.2, 0.25) is 5.75 Å². The van der Waals surface area contributed by atoms with E-state index in [1.807, 2.05) is 10.3 Å². The molecular weight excluding hydrogens is 406 g/mol. The van der Waals surface area contributed by atoms with Crippen molar-refractivity contribution in [2.45, 2.75) is 11.8 Å². The van der Waals surface area contributed by atoms with E-state index in [0.717, 1.165) is 6.07 Å². The zero-order chi connectivity index (χ0) is 21.8. The Morgan fingerprint density at radius 1 is 1.03 bits per heavy atom. The minimum atomic E-state index is -4.25. The fraction of sp³-hybridized carbons (Fsp3) is 0.235.